The highest BCUT2D eigenvalue weighted by Gasteiger charge is 2.21. The Morgan fingerprint density at radius 2 is 0.585 bits per heavy atom. The average molecular weight is 845 g/mol. The van der Waals surface area contributed by atoms with Crippen LogP contribution in [0.2, 0.25) is 0 Å². The Hall–Kier alpha value is -8.24. The fraction of sp³-hybridized carbons (Fsp3) is 0. The molecule has 0 saturated carbocycles. The maximum absolute atomic E-state index is 2.43. The summed E-state index contributed by atoms with van der Waals surface area (Å²) < 4.78 is 6.09. The van der Waals surface area contributed by atoms with Crippen molar-refractivity contribution in [2.24, 2.45) is 0 Å². The minimum absolute atomic E-state index is 1.16. The van der Waals surface area contributed by atoms with E-state index in [0.717, 1.165) is 11.4 Å². The predicted molar refractivity (Wildman–Crippen MR) is 278 cm³/mol. The highest BCUT2D eigenvalue weighted by molar-refractivity contribution is 7.23. The van der Waals surface area contributed by atoms with E-state index in [1.165, 1.54) is 109 Å². The molecule has 3 heteroatoms. The lowest BCUT2D eigenvalue weighted by atomic mass is 9.96. The number of benzene rings is 10. The van der Waals surface area contributed by atoms with Crippen molar-refractivity contribution in [3.05, 3.63) is 243 Å². The minimum atomic E-state index is 1.16. The van der Waals surface area contributed by atoms with Gasteiger partial charge in [-0.25, -0.2) is 0 Å². The van der Waals surface area contributed by atoms with Crippen LogP contribution in [-0.4, -0.2) is 9.13 Å². The van der Waals surface area contributed by atoms with Crippen molar-refractivity contribution in [2.45, 2.75) is 0 Å². The van der Waals surface area contributed by atoms with Gasteiger partial charge in [-0.05, 0) is 123 Å². The summed E-state index contributed by atoms with van der Waals surface area (Å²) in [5.74, 6) is 0. The molecule has 3 aromatic heterocycles. The van der Waals surface area contributed by atoms with Crippen LogP contribution in [0, 0.1) is 0 Å². The Kier molecular flexibility index (Phi) is 8.75. The van der Waals surface area contributed by atoms with Gasteiger partial charge >= 0.3 is 0 Å². The fourth-order valence-corrected chi connectivity index (χ4v) is 11.3. The first-order valence-corrected chi connectivity index (χ1v) is 23.1. The Balaban J connectivity index is 0.994. The number of thiophene rings is 1. The van der Waals surface area contributed by atoms with Gasteiger partial charge in [0.1, 0.15) is 0 Å². The van der Waals surface area contributed by atoms with Gasteiger partial charge < -0.3 is 9.13 Å². The molecule has 0 N–H and O–H groups in total. The number of hydrogen-bond donors (Lipinski definition) is 0. The van der Waals surface area contributed by atoms with Gasteiger partial charge in [0, 0.05) is 53.4 Å². The summed E-state index contributed by atoms with van der Waals surface area (Å²) in [5.41, 5.74) is 18.1. The molecule has 2 nitrogen and oxygen atoms in total. The van der Waals surface area contributed by atoms with E-state index in [-0.39, 0.29) is 0 Å². The quantitative estimate of drug-likeness (QED) is 0.151. The molecule has 0 saturated heterocycles. The zero-order chi connectivity index (χ0) is 42.8. The second-order valence-electron chi connectivity index (χ2n) is 16.9. The normalized spacial score (nSPS) is 11.7. The van der Waals surface area contributed by atoms with Crippen LogP contribution in [0.5, 0.6) is 0 Å². The van der Waals surface area contributed by atoms with Crippen LogP contribution in [0.1, 0.15) is 0 Å². The molecule has 0 spiro atoms. The molecule has 0 atom stereocenters. The van der Waals surface area contributed by atoms with Crippen LogP contribution in [0.3, 0.4) is 0 Å². The third-order valence-electron chi connectivity index (χ3n) is 13.1. The number of aromatic nitrogens is 2. The van der Waals surface area contributed by atoms with Crippen LogP contribution in [0.15, 0.2) is 243 Å². The molecule has 3 heterocycles. The first kappa shape index (κ1) is 37.3. The third-order valence-corrected chi connectivity index (χ3v) is 14.3. The summed E-state index contributed by atoms with van der Waals surface area (Å²) in [6.45, 7) is 0. The summed E-state index contributed by atoms with van der Waals surface area (Å²) in [7, 11) is 0. The molecule has 0 fully saturated rings. The van der Waals surface area contributed by atoms with Gasteiger partial charge in [-0.15, -0.1) is 11.3 Å². The Morgan fingerprint density at radius 1 is 0.246 bits per heavy atom. The first-order chi connectivity index (χ1) is 32.2. The minimum Gasteiger partial charge on any atom is -0.309 e. The van der Waals surface area contributed by atoms with Crippen molar-refractivity contribution >= 4 is 65.0 Å². The van der Waals surface area contributed by atoms with E-state index in [1.54, 1.807) is 0 Å². The largest absolute Gasteiger partial charge is 0.309 e. The molecule has 0 bridgehead atoms. The van der Waals surface area contributed by atoms with E-state index in [1.807, 2.05) is 11.3 Å². The maximum atomic E-state index is 2.43. The molecule has 0 radical (unpaired) electrons. The number of fused-ring (bicyclic) bond motifs is 7. The zero-order valence-corrected chi connectivity index (χ0v) is 36.2. The van der Waals surface area contributed by atoms with Gasteiger partial charge in [0.25, 0.3) is 0 Å². The van der Waals surface area contributed by atoms with E-state index >= 15 is 0 Å². The fourth-order valence-electron chi connectivity index (χ4n) is 10.1. The Labute approximate surface area is 381 Å². The van der Waals surface area contributed by atoms with Gasteiger partial charge in [-0.2, -0.15) is 0 Å². The summed E-state index contributed by atoms with van der Waals surface area (Å²) in [6, 6.07) is 88.8. The van der Waals surface area contributed by atoms with Crippen molar-refractivity contribution in [3.63, 3.8) is 0 Å². The molecule has 10 aromatic carbocycles. The van der Waals surface area contributed by atoms with Crippen molar-refractivity contribution in [1.82, 2.24) is 9.13 Å². The standard InChI is InChI=1S/C62H40N2S/c1-6-16-41(17-7-1)44-27-32-56-52(36-44)54-38-46(29-34-58(54)63(56)49-22-12-4-13-23-49)47-26-31-51-60(40-47)65-62(61(51)43-20-10-3-11-21-43)48-30-35-59-55(39-48)53-37-45(42-18-8-2-9-19-42)28-33-57(53)64(59)50-24-14-5-15-25-50/h1-40H. The van der Waals surface area contributed by atoms with Crippen LogP contribution in [0.25, 0.3) is 120 Å². The first-order valence-electron chi connectivity index (χ1n) is 22.2. The van der Waals surface area contributed by atoms with E-state index < -0.39 is 0 Å². The predicted octanol–water partition coefficient (Wildman–Crippen LogP) is 17.4. The molecule has 304 valence electrons. The lowest BCUT2D eigenvalue weighted by Crippen LogP contribution is -1.93. The Morgan fingerprint density at radius 3 is 1.03 bits per heavy atom. The van der Waals surface area contributed by atoms with E-state index in [0.29, 0.717) is 0 Å². The molecule has 13 aromatic rings. The third kappa shape index (κ3) is 6.24. The number of nitrogens with zero attached hydrogens (tertiary/aromatic N) is 2. The van der Waals surface area contributed by atoms with Crippen LogP contribution in [-0.2, 0) is 0 Å². The van der Waals surface area contributed by atoms with Gasteiger partial charge in [0.15, 0.2) is 0 Å². The molecular weight excluding hydrogens is 805 g/mol. The van der Waals surface area contributed by atoms with Crippen LogP contribution >= 0.6 is 11.3 Å². The van der Waals surface area contributed by atoms with Crippen LogP contribution in [0.4, 0.5) is 0 Å². The molecule has 0 aliphatic heterocycles. The molecular formula is C62H40N2S. The summed E-state index contributed by atoms with van der Waals surface area (Å²) >= 11 is 1.89. The molecule has 0 unspecified atom stereocenters. The number of rotatable bonds is 7. The number of para-hydroxylation sites is 2. The maximum Gasteiger partial charge on any atom is 0.0541 e. The van der Waals surface area contributed by atoms with Crippen molar-refractivity contribution in [1.29, 1.82) is 0 Å². The molecule has 0 aliphatic carbocycles. The smallest absolute Gasteiger partial charge is 0.0541 e. The topological polar surface area (TPSA) is 9.86 Å². The molecule has 13 rings (SSSR count). The molecule has 0 amide bonds. The number of hydrogen-bond acceptors (Lipinski definition) is 1. The van der Waals surface area contributed by atoms with E-state index in [9.17, 15) is 0 Å². The lowest BCUT2D eigenvalue weighted by Gasteiger charge is -2.09. The van der Waals surface area contributed by atoms with Crippen molar-refractivity contribution < 1.29 is 0 Å². The second kappa shape index (κ2) is 15.2. The lowest BCUT2D eigenvalue weighted by molar-refractivity contribution is 1.18. The molecule has 65 heavy (non-hydrogen) atoms. The SMILES string of the molecule is c1ccc(-c2ccc3c(c2)c2cc(-c4ccc5c(-c6ccccc6)c(-c6ccc7c(c6)c6cc(-c8ccccc8)ccc6n7-c6ccccc6)sc5c4)ccc2n3-c2ccccc2)cc1. The highest BCUT2D eigenvalue weighted by Crippen LogP contribution is 2.48. The second-order valence-corrected chi connectivity index (χ2v) is 17.9. The van der Waals surface area contributed by atoms with E-state index in [4.69, 9.17) is 0 Å². The highest BCUT2D eigenvalue weighted by atomic mass is 32.1. The van der Waals surface area contributed by atoms with Crippen molar-refractivity contribution in [2.75, 3.05) is 0 Å². The van der Waals surface area contributed by atoms with Gasteiger partial charge in [0.05, 0.1) is 22.1 Å². The van der Waals surface area contributed by atoms with Crippen LogP contribution < -0.4 is 0 Å². The zero-order valence-electron chi connectivity index (χ0n) is 35.4. The van der Waals surface area contributed by atoms with Gasteiger partial charge in [-0.3, -0.25) is 0 Å². The summed E-state index contributed by atoms with van der Waals surface area (Å²) in [5, 5.41) is 6.26. The Bertz CT molecular complexity index is 3900. The average Bonchev–Trinajstić information content (AvgIpc) is 4.04. The van der Waals surface area contributed by atoms with E-state index in [2.05, 4.69) is 252 Å². The monoisotopic (exact) mass is 844 g/mol. The summed E-state index contributed by atoms with van der Waals surface area (Å²) in [4.78, 5) is 1.28. The van der Waals surface area contributed by atoms with Crippen molar-refractivity contribution in [3.8, 4) is 66.3 Å². The summed E-state index contributed by atoms with van der Waals surface area (Å²) in [6.07, 6.45) is 0. The van der Waals surface area contributed by atoms with Gasteiger partial charge in [0.2, 0.25) is 0 Å². The van der Waals surface area contributed by atoms with Gasteiger partial charge in [-0.1, -0.05) is 164 Å². The molecule has 0 aliphatic rings.